The number of sulfonamides is 1. The van der Waals surface area contributed by atoms with E-state index in [1.54, 1.807) is 12.1 Å². The Bertz CT molecular complexity index is 527. The van der Waals surface area contributed by atoms with Crippen LogP contribution in [0.25, 0.3) is 0 Å². The number of hydrogen-bond donors (Lipinski definition) is 1. The molecule has 7 heteroatoms. The summed E-state index contributed by atoms with van der Waals surface area (Å²) >= 11 is 3.33. The van der Waals surface area contributed by atoms with E-state index < -0.39 is 15.3 Å². The minimum absolute atomic E-state index is 0.363. The molecule has 1 aliphatic heterocycles. The first-order valence-corrected chi connectivity index (χ1v) is 8.05. The van der Waals surface area contributed by atoms with Crippen molar-refractivity contribution in [3.63, 3.8) is 0 Å². The quantitative estimate of drug-likeness (QED) is 0.918. The highest BCUT2D eigenvalue weighted by Gasteiger charge is 2.27. The van der Waals surface area contributed by atoms with Crippen molar-refractivity contribution in [2.45, 2.75) is 25.0 Å². The molecule has 1 fully saturated rings. The van der Waals surface area contributed by atoms with Crippen molar-refractivity contribution in [1.82, 2.24) is 4.98 Å². The van der Waals surface area contributed by atoms with Crippen LogP contribution in [0.1, 0.15) is 18.5 Å². The maximum Gasteiger partial charge on any atom is 0.236 e. The van der Waals surface area contributed by atoms with Gasteiger partial charge in [-0.2, -0.15) is 0 Å². The van der Waals surface area contributed by atoms with Crippen LogP contribution in [-0.2, 0) is 14.8 Å². The molecule has 0 saturated carbocycles. The number of rotatable bonds is 3. The van der Waals surface area contributed by atoms with Crippen LogP contribution in [0.4, 0.5) is 5.82 Å². The van der Waals surface area contributed by atoms with Crippen molar-refractivity contribution >= 4 is 31.8 Å². The topological polar surface area (TPSA) is 68.3 Å². The third-order valence-electron chi connectivity index (χ3n) is 2.88. The third-order valence-corrected chi connectivity index (χ3v) is 5.56. The summed E-state index contributed by atoms with van der Waals surface area (Å²) in [6, 6.07) is 3.43. The summed E-state index contributed by atoms with van der Waals surface area (Å²) in [6.07, 6.45) is 1.07. The van der Waals surface area contributed by atoms with Crippen molar-refractivity contribution < 1.29 is 13.2 Å². The molecule has 0 aliphatic carbocycles. The fraction of sp³-hybridized carbons (Fsp3) is 0.545. The van der Waals surface area contributed by atoms with Gasteiger partial charge in [0.15, 0.2) is 0 Å². The van der Waals surface area contributed by atoms with E-state index in [4.69, 9.17) is 4.74 Å². The van der Waals surface area contributed by atoms with Crippen molar-refractivity contribution in [3.8, 4) is 0 Å². The van der Waals surface area contributed by atoms with Crippen molar-refractivity contribution in [2.75, 3.05) is 17.9 Å². The second-order valence-corrected chi connectivity index (χ2v) is 7.04. The van der Waals surface area contributed by atoms with Crippen molar-refractivity contribution in [1.29, 1.82) is 0 Å². The number of nitrogens with one attached hydrogen (secondary N) is 1. The summed E-state index contributed by atoms with van der Waals surface area (Å²) < 4.78 is 32.8. The summed E-state index contributed by atoms with van der Waals surface area (Å²) in [7, 11) is -3.37. The molecule has 1 N–H and O–H groups in total. The number of aryl methyl sites for hydroxylation is 1. The van der Waals surface area contributed by atoms with Gasteiger partial charge in [0.05, 0.1) is 10.9 Å². The zero-order chi connectivity index (χ0) is 13.2. The van der Waals surface area contributed by atoms with Gasteiger partial charge in [0.1, 0.15) is 5.82 Å². The van der Waals surface area contributed by atoms with E-state index in [1.165, 1.54) is 0 Å². The van der Waals surface area contributed by atoms with E-state index in [1.807, 2.05) is 6.92 Å². The lowest BCUT2D eigenvalue weighted by molar-refractivity contribution is 0.0984. The van der Waals surface area contributed by atoms with E-state index >= 15 is 0 Å². The average molecular weight is 335 g/mol. The van der Waals surface area contributed by atoms with E-state index in [9.17, 15) is 8.42 Å². The molecule has 2 rings (SSSR count). The summed E-state index contributed by atoms with van der Waals surface area (Å²) in [4.78, 5) is 4.18. The van der Waals surface area contributed by atoms with E-state index in [0.717, 1.165) is 10.2 Å². The van der Waals surface area contributed by atoms with Gasteiger partial charge < -0.3 is 4.74 Å². The van der Waals surface area contributed by atoms with Gasteiger partial charge in [0.25, 0.3) is 0 Å². The maximum atomic E-state index is 12.1. The summed E-state index contributed by atoms with van der Waals surface area (Å²) in [5.41, 5.74) is 0.752. The summed E-state index contributed by atoms with van der Waals surface area (Å²) in [5.74, 6) is 0.363. The molecule has 0 bridgehead atoms. The molecule has 0 aromatic carbocycles. The first-order valence-electron chi connectivity index (χ1n) is 5.71. The van der Waals surface area contributed by atoms with Crippen LogP contribution in [0.5, 0.6) is 0 Å². The lowest BCUT2D eigenvalue weighted by Gasteiger charge is -2.22. The highest BCUT2D eigenvalue weighted by Crippen LogP contribution is 2.20. The van der Waals surface area contributed by atoms with Gasteiger partial charge in [-0.05, 0) is 47.8 Å². The Morgan fingerprint density at radius 2 is 2.06 bits per heavy atom. The minimum atomic E-state index is -3.37. The second kappa shape index (κ2) is 5.54. The fourth-order valence-electron chi connectivity index (χ4n) is 1.82. The second-order valence-electron chi connectivity index (χ2n) is 4.22. The van der Waals surface area contributed by atoms with Gasteiger partial charge in [0.2, 0.25) is 10.0 Å². The predicted molar refractivity (Wildman–Crippen MR) is 73.1 cm³/mol. The zero-order valence-corrected chi connectivity index (χ0v) is 12.4. The third kappa shape index (κ3) is 3.21. The molecule has 100 valence electrons. The van der Waals surface area contributed by atoms with E-state index in [0.29, 0.717) is 31.9 Å². The van der Waals surface area contributed by atoms with Gasteiger partial charge in [-0.15, -0.1) is 0 Å². The van der Waals surface area contributed by atoms with E-state index in [2.05, 4.69) is 25.6 Å². The molecule has 1 aliphatic rings. The number of pyridine rings is 1. The molecule has 0 amide bonds. The Balaban J connectivity index is 2.13. The van der Waals surface area contributed by atoms with Gasteiger partial charge in [-0.25, -0.2) is 13.4 Å². The molecule has 0 atom stereocenters. The SMILES string of the molecule is Cc1nc(NS(=O)(=O)C2CCOCC2)ccc1Br. The molecule has 2 heterocycles. The van der Waals surface area contributed by atoms with Crippen LogP contribution in [0.15, 0.2) is 16.6 Å². The minimum Gasteiger partial charge on any atom is -0.381 e. The lowest BCUT2D eigenvalue weighted by Crippen LogP contribution is -2.33. The zero-order valence-electron chi connectivity index (χ0n) is 10.0. The van der Waals surface area contributed by atoms with E-state index in [-0.39, 0.29) is 0 Å². The molecule has 0 unspecified atom stereocenters. The maximum absolute atomic E-state index is 12.1. The van der Waals surface area contributed by atoms with Gasteiger partial charge in [-0.3, -0.25) is 4.72 Å². The van der Waals surface area contributed by atoms with Crippen LogP contribution < -0.4 is 4.72 Å². The monoisotopic (exact) mass is 334 g/mol. The van der Waals surface area contributed by atoms with Crippen LogP contribution in [0.2, 0.25) is 0 Å². The van der Waals surface area contributed by atoms with Crippen LogP contribution in [0.3, 0.4) is 0 Å². The molecule has 5 nitrogen and oxygen atoms in total. The molecule has 18 heavy (non-hydrogen) atoms. The molecule has 0 spiro atoms. The molecule has 1 aromatic rings. The smallest absolute Gasteiger partial charge is 0.236 e. The van der Waals surface area contributed by atoms with Crippen LogP contribution >= 0.6 is 15.9 Å². The fourth-order valence-corrected chi connectivity index (χ4v) is 3.42. The predicted octanol–water partition coefficient (Wildman–Crippen LogP) is 2.07. The highest BCUT2D eigenvalue weighted by molar-refractivity contribution is 9.10. The largest absolute Gasteiger partial charge is 0.381 e. The number of halogens is 1. The first-order chi connectivity index (χ1) is 8.49. The number of anilines is 1. The number of nitrogens with zero attached hydrogens (tertiary/aromatic N) is 1. The number of aromatic nitrogens is 1. The number of ether oxygens (including phenoxy) is 1. The Labute approximate surface area is 115 Å². The highest BCUT2D eigenvalue weighted by atomic mass is 79.9. The van der Waals surface area contributed by atoms with Crippen molar-refractivity contribution in [3.05, 3.63) is 22.3 Å². The van der Waals surface area contributed by atoms with Crippen LogP contribution in [-0.4, -0.2) is 31.9 Å². The average Bonchev–Trinajstić information content (AvgIpc) is 2.35. The molecule has 0 radical (unpaired) electrons. The molecular weight excluding hydrogens is 320 g/mol. The Morgan fingerprint density at radius 3 is 2.67 bits per heavy atom. The van der Waals surface area contributed by atoms with Gasteiger partial charge >= 0.3 is 0 Å². The summed E-state index contributed by atoms with van der Waals surface area (Å²) in [6.45, 7) is 2.81. The first kappa shape index (κ1) is 13.8. The Hall–Kier alpha value is -0.660. The normalized spacial score (nSPS) is 17.7. The van der Waals surface area contributed by atoms with Crippen LogP contribution in [0, 0.1) is 6.92 Å². The molecule has 1 aromatic heterocycles. The molecule has 1 saturated heterocycles. The number of hydrogen-bond acceptors (Lipinski definition) is 4. The molecular formula is C11H15BrN2O3S. The van der Waals surface area contributed by atoms with Gasteiger partial charge in [-0.1, -0.05) is 0 Å². The van der Waals surface area contributed by atoms with Gasteiger partial charge in [0, 0.05) is 17.7 Å². The Morgan fingerprint density at radius 1 is 1.39 bits per heavy atom. The Kier molecular flexibility index (Phi) is 4.24. The van der Waals surface area contributed by atoms with Crippen molar-refractivity contribution in [2.24, 2.45) is 0 Å². The lowest BCUT2D eigenvalue weighted by atomic mass is 10.2. The standard InChI is InChI=1S/C11H15BrN2O3S/c1-8-10(12)2-3-11(13-8)14-18(15,16)9-4-6-17-7-5-9/h2-3,9H,4-7H2,1H3,(H,13,14). The summed E-state index contributed by atoms with van der Waals surface area (Å²) in [5, 5.41) is -0.392.